The molecule has 0 unspecified atom stereocenters. The van der Waals surface area contributed by atoms with Crippen LogP contribution in [-0.2, 0) is 9.53 Å². The lowest BCUT2D eigenvalue weighted by Crippen LogP contribution is -2.34. The van der Waals surface area contributed by atoms with E-state index in [1.807, 2.05) is 24.3 Å². The van der Waals surface area contributed by atoms with Crippen molar-refractivity contribution in [3.05, 3.63) is 71.7 Å². The number of carbonyl (C=O) groups is 2. The number of ether oxygens (including phenoxy) is 1. The lowest BCUT2D eigenvalue weighted by Gasteiger charge is -2.24. The van der Waals surface area contributed by atoms with Gasteiger partial charge < -0.3 is 14.6 Å². The summed E-state index contributed by atoms with van der Waals surface area (Å²) in [5, 5.41) is 0.349. The van der Waals surface area contributed by atoms with Crippen LogP contribution >= 0.6 is 11.8 Å². The number of fused-ring (bicyclic) bond motifs is 1. The summed E-state index contributed by atoms with van der Waals surface area (Å²) in [5.41, 5.74) is 1.68. The first-order valence-corrected chi connectivity index (χ1v) is 9.59. The van der Waals surface area contributed by atoms with Crippen LogP contribution in [0.3, 0.4) is 0 Å². The van der Waals surface area contributed by atoms with Gasteiger partial charge >= 0.3 is 5.97 Å². The van der Waals surface area contributed by atoms with Crippen LogP contribution in [0.15, 0.2) is 54.7 Å². The fourth-order valence-electron chi connectivity index (χ4n) is 3.19. The van der Waals surface area contributed by atoms with E-state index in [0.29, 0.717) is 23.4 Å². The number of aromatic amines is 1. The zero-order chi connectivity index (χ0) is 18.8. The summed E-state index contributed by atoms with van der Waals surface area (Å²) in [4.78, 5) is 29.5. The van der Waals surface area contributed by atoms with Gasteiger partial charge in [0.05, 0.1) is 5.56 Å². The van der Waals surface area contributed by atoms with Crippen LogP contribution in [0.4, 0.5) is 4.39 Å². The number of hydrogen-bond donors (Lipinski definition) is 1. The minimum absolute atomic E-state index is 0.332. The van der Waals surface area contributed by atoms with E-state index in [0.717, 1.165) is 10.9 Å². The minimum Gasteiger partial charge on any atom is -0.452 e. The van der Waals surface area contributed by atoms with Gasteiger partial charge in [-0.15, -0.1) is 11.8 Å². The van der Waals surface area contributed by atoms with Crippen LogP contribution < -0.4 is 0 Å². The second-order valence-electron chi connectivity index (χ2n) is 6.16. The van der Waals surface area contributed by atoms with Crippen LogP contribution in [0.2, 0.25) is 0 Å². The third-order valence-corrected chi connectivity index (χ3v) is 5.76. The monoisotopic (exact) mass is 384 g/mol. The number of aromatic nitrogens is 1. The van der Waals surface area contributed by atoms with Gasteiger partial charge in [0.2, 0.25) is 0 Å². The highest BCUT2D eigenvalue weighted by Crippen LogP contribution is 2.38. The Balaban J connectivity index is 1.44. The number of benzene rings is 2. The van der Waals surface area contributed by atoms with E-state index in [2.05, 4.69) is 4.98 Å². The highest BCUT2D eigenvalue weighted by Gasteiger charge is 2.32. The number of thioether (sulfide) groups is 1. The van der Waals surface area contributed by atoms with E-state index in [9.17, 15) is 14.0 Å². The fourth-order valence-corrected chi connectivity index (χ4v) is 4.49. The number of esters is 1. The molecule has 4 rings (SSSR count). The number of H-pyrrole nitrogens is 1. The molecule has 1 aliphatic rings. The summed E-state index contributed by atoms with van der Waals surface area (Å²) >= 11 is 1.50. The molecular weight excluding hydrogens is 367 g/mol. The summed E-state index contributed by atoms with van der Waals surface area (Å²) in [7, 11) is 0. The number of rotatable bonds is 4. The first-order valence-electron chi connectivity index (χ1n) is 8.54. The van der Waals surface area contributed by atoms with E-state index in [1.54, 1.807) is 29.3 Å². The van der Waals surface area contributed by atoms with Crippen molar-refractivity contribution in [1.82, 2.24) is 9.88 Å². The number of nitrogens with zero attached hydrogens (tertiary/aromatic N) is 1. The van der Waals surface area contributed by atoms with Gasteiger partial charge in [-0.1, -0.05) is 36.4 Å². The molecule has 0 radical (unpaired) electrons. The molecule has 2 aromatic carbocycles. The fraction of sp³-hybridized carbons (Fsp3) is 0.200. The van der Waals surface area contributed by atoms with Gasteiger partial charge in [0.15, 0.2) is 6.61 Å². The Morgan fingerprint density at radius 2 is 1.96 bits per heavy atom. The van der Waals surface area contributed by atoms with E-state index in [-0.39, 0.29) is 18.3 Å². The summed E-state index contributed by atoms with van der Waals surface area (Å²) in [6.07, 6.45) is 1.57. The second kappa shape index (κ2) is 7.44. The van der Waals surface area contributed by atoms with E-state index in [4.69, 9.17) is 4.74 Å². The first kappa shape index (κ1) is 17.6. The third kappa shape index (κ3) is 3.42. The summed E-state index contributed by atoms with van der Waals surface area (Å²) in [6.45, 7) is 0.122. The van der Waals surface area contributed by atoms with Gasteiger partial charge in [-0.3, -0.25) is 4.79 Å². The number of halogens is 1. The van der Waals surface area contributed by atoms with E-state index in [1.165, 1.54) is 17.8 Å². The maximum absolute atomic E-state index is 14.1. The van der Waals surface area contributed by atoms with Crippen LogP contribution in [-0.4, -0.2) is 40.7 Å². The smallest absolute Gasteiger partial charge is 0.340 e. The van der Waals surface area contributed by atoms with Crippen LogP contribution in [0, 0.1) is 5.82 Å². The molecule has 2 heterocycles. The molecule has 0 bridgehead atoms. The quantitative estimate of drug-likeness (QED) is 0.696. The maximum Gasteiger partial charge on any atom is 0.340 e. The average Bonchev–Trinajstić information content (AvgIpc) is 3.33. The van der Waals surface area contributed by atoms with Crippen molar-refractivity contribution < 1.29 is 18.7 Å². The molecule has 27 heavy (non-hydrogen) atoms. The SMILES string of the molecule is O=C(OCC(=O)N1CCS[C@@H]1c1ccccc1F)c1c[nH]c2ccccc12. The average molecular weight is 384 g/mol. The maximum atomic E-state index is 14.1. The molecule has 1 atom stereocenters. The molecular formula is C20H17FN2O3S. The van der Waals surface area contributed by atoms with Crippen molar-refractivity contribution in [3.8, 4) is 0 Å². The molecule has 0 aliphatic carbocycles. The number of amides is 1. The van der Waals surface area contributed by atoms with Gasteiger partial charge in [-0.25, -0.2) is 9.18 Å². The highest BCUT2D eigenvalue weighted by molar-refractivity contribution is 7.99. The topological polar surface area (TPSA) is 62.4 Å². The van der Waals surface area contributed by atoms with Crippen molar-refractivity contribution in [2.24, 2.45) is 0 Å². The standard InChI is InChI=1S/C20H17FN2O3S/c21-16-7-3-1-6-14(16)19-23(9-10-27-19)18(24)12-26-20(25)15-11-22-17-8-4-2-5-13(15)17/h1-8,11,19,22H,9-10,12H2/t19-/m1/s1. The van der Waals surface area contributed by atoms with Crippen molar-refractivity contribution in [1.29, 1.82) is 0 Å². The van der Waals surface area contributed by atoms with E-state index >= 15 is 0 Å². The molecule has 0 saturated carbocycles. The molecule has 1 N–H and O–H groups in total. The lowest BCUT2D eigenvalue weighted by atomic mass is 10.2. The van der Waals surface area contributed by atoms with E-state index < -0.39 is 11.3 Å². The van der Waals surface area contributed by atoms with Crippen LogP contribution in [0.25, 0.3) is 10.9 Å². The Morgan fingerprint density at radius 1 is 1.19 bits per heavy atom. The minimum atomic E-state index is -0.560. The Kier molecular flexibility index (Phi) is 4.85. The molecule has 3 aromatic rings. The number of nitrogens with one attached hydrogen (secondary N) is 1. The van der Waals surface area contributed by atoms with Gasteiger partial charge in [-0.05, 0) is 12.1 Å². The lowest BCUT2D eigenvalue weighted by molar-refractivity contribution is -0.134. The van der Waals surface area contributed by atoms with Gasteiger partial charge in [0, 0.05) is 35.0 Å². The third-order valence-electron chi connectivity index (χ3n) is 4.52. The Hall–Kier alpha value is -2.80. The van der Waals surface area contributed by atoms with Crippen LogP contribution in [0.1, 0.15) is 21.3 Å². The van der Waals surface area contributed by atoms with Gasteiger partial charge in [0.25, 0.3) is 5.91 Å². The second-order valence-corrected chi connectivity index (χ2v) is 7.34. The zero-order valence-electron chi connectivity index (χ0n) is 14.4. The summed E-state index contributed by atoms with van der Waals surface area (Å²) < 4.78 is 19.3. The molecule has 0 spiro atoms. The molecule has 7 heteroatoms. The Labute approximate surface area is 159 Å². The normalized spacial score (nSPS) is 16.6. The predicted octanol–water partition coefficient (Wildman–Crippen LogP) is 3.74. The number of para-hydroxylation sites is 1. The van der Waals surface area contributed by atoms with Crippen molar-refractivity contribution in [3.63, 3.8) is 0 Å². The number of hydrogen-bond acceptors (Lipinski definition) is 4. The molecule has 1 aromatic heterocycles. The van der Waals surface area contributed by atoms with Crippen molar-refractivity contribution in [2.45, 2.75) is 5.37 Å². The Bertz CT molecular complexity index is 1000. The van der Waals surface area contributed by atoms with Gasteiger partial charge in [-0.2, -0.15) is 0 Å². The molecule has 1 fully saturated rings. The van der Waals surface area contributed by atoms with Crippen LogP contribution in [0.5, 0.6) is 0 Å². The highest BCUT2D eigenvalue weighted by atomic mass is 32.2. The zero-order valence-corrected chi connectivity index (χ0v) is 15.2. The predicted molar refractivity (Wildman–Crippen MR) is 102 cm³/mol. The first-order chi connectivity index (χ1) is 13.1. The molecule has 1 aliphatic heterocycles. The van der Waals surface area contributed by atoms with Gasteiger partial charge in [0.1, 0.15) is 11.2 Å². The Morgan fingerprint density at radius 3 is 2.81 bits per heavy atom. The molecule has 5 nitrogen and oxygen atoms in total. The number of carbonyl (C=O) groups excluding carboxylic acids is 2. The summed E-state index contributed by atoms with van der Waals surface area (Å²) in [5.74, 6) is -0.525. The molecule has 1 amide bonds. The largest absolute Gasteiger partial charge is 0.452 e. The molecule has 138 valence electrons. The molecule has 1 saturated heterocycles. The van der Waals surface area contributed by atoms with Crippen molar-refractivity contribution in [2.75, 3.05) is 18.9 Å². The summed E-state index contributed by atoms with van der Waals surface area (Å²) in [6, 6.07) is 13.8. The van der Waals surface area contributed by atoms with Crippen molar-refractivity contribution >= 4 is 34.5 Å².